The van der Waals surface area contributed by atoms with Gasteiger partial charge in [0.2, 0.25) is 0 Å². The largest absolute Gasteiger partial charge is 0.228 e. The summed E-state index contributed by atoms with van der Waals surface area (Å²) < 4.78 is 0. The van der Waals surface area contributed by atoms with Gasteiger partial charge in [-0.1, -0.05) is 232 Å². The van der Waals surface area contributed by atoms with Crippen LogP contribution in [0.2, 0.25) is 0 Å². The Bertz CT molecular complexity index is 3680. The van der Waals surface area contributed by atoms with Gasteiger partial charge < -0.3 is 0 Å². The van der Waals surface area contributed by atoms with Crippen molar-refractivity contribution in [3.05, 3.63) is 264 Å². The Hall–Kier alpha value is -8.20. The van der Waals surface area contributed by atoms with E-state index in [0.717, 1.165) is 33.5 Å². The van der Waals surface area contributed by atoms with Gasteiger partial charge in [0.15, 0.2) is 5.82 Å². The lowest BCUT2D eigenvalue weighted by Gasteiger charge is -2.33. The Labute approximate surface area is 385 Å². The summed E-state index contributed by atoms with van der Waals surface area (Å²) in [5.41, 5.74) is 19.6. The fraction of sp³-hybridized carbons (Fsp3) is 0.0625. The lowest BCUT2D eigenvalue weighted by Crippen LogP contribution is -2.28. The third kappa shape index (κ3) is 5.55. The molecule has 2 aliphatic rings. The van der Waals surface area contributed by atoms with Crippen LogP contribution in [-0.4, -0.2) is 9.97 Å². The normalized spacial score (nSPS) is 13.8. The van der Waals surface area contributed by atoms with Crippen molar-refractivity contribution < 1.29 is 0 Å². The first-order chi connectivity index (χ1) is 32.5. The van der Waals surface area contributed by atoms with Crippen molar-refractivity contribution in [3.8, 4) is 67.3 Å². The van der Waals surface area contributed by atoms with Gasteiger partial charge in [-0.25, -0.2) is 9.97 Å². The molecule has 0 N–H and O–H groups in total. The maximum atomic E-state index is 5.46. The fourth-order valence-electron chi connectivity index (χ4n) is 11.6. The molecule has 2 nitrogen and oxygen atoms in total. The molecule has 0 radical (unpaired) electrons. The molecule has 1 aromatic heterocycles. The minimum Gasteiger partial charge on any atom is -0.228 e. The van der Waals surface area contributed by atoms with Gasteiger partial charge in [-0.3, -0.25) is 0 Å². The molecular formula is C64H44N2. The third-order valence-corrected chi connectivity index (χ3v) is 14.6. The van der Waals surface area contributed by atoms with Crippen molar-refractivity contribution in [1.29, 1.82) is 0 Å². The van der Waals surface area contributed by atoms with Crippen LogP contribution in [0.15, 0.2) is 231 Å². The monoisotopic (exact) mass is 840 g/mol. The number of benzene rings is 10. The zero-order valence-electron chi connectivity index (χ0n) is 36.8. The zero-order chi connectivity index (χ0) is 44.0. The van der Waals surface area contributed by atoms with E-state index in [4.69, 9.17) is 9.97 Å². The lowest BCUT2D eigenvalue weighted by molar-refractivity contribution is 0.661. The van der Waals surface area contributed by atoms with Crippen LogP contribution in [0.3, 0.4) is 0 Å². The number of rotatable bonds is 6. The number of nitrogens with zero attached hydrogens (tertiary/aromatic N) is 2. The second-order valence-electron chi connectivity index (χ2n) is 18.4. The van der Waals surface area contributed by atoms with E-state index in [1.165, 1.54) is 82.9 Å². The molecule has 2 heteroatoms. The van der Waals surface area contributed by atoms with Gasteiger partial charge >= 0.3 is 0 Å². The highest BCUT2D eigenvalue weighted by Gasteiger charge is 2.47. The van der Waals surface area contributed by atoms with Crippen molar-refractivity contribution in [2.75, 3.05) is 0 Å². The van der Waals surface area contributed by atoms with Gasteiger partial charge in [-0.15, -0.1) is 0 Å². The average Bonchev–Trinajstić information content (AvgIpc) is 3.82. The molecule has 310 valence electrons. The van der Waals surface area contributed by atoms with Crippen molar-refractivity contribution >= 4 is 21.5 Å². The first-order valence-electron chi connectivity index (χ1n) is 23.0. The molecule has 0 atom stereocenters. The Morgan fingerprint density at radius 2 is 0.879 bits per heavy atom. The van der Waals surface area contributed by atoms with E-state index in [-0.39, 0.29) is 5.41 Å². The van der Waals surface area contributed by atoms with E-state index in [1.54, 1.807) is 0 Å². The predicted octanol–water partition coefficient (Wildman–Crippen LogP) is 16.1. The molecule has 0 aliphatic heterocycles. The summed E-state index contributed by atoms with van der Waals surface area (Å²) in [4.78, 5) is 10.9. The first kappa shape index (κ1) is 38.3. The van der Waals surface area contributed by atoms with E-state index < -0.39 is 5.41 Å². The molecule has 1 heterocycles. The van der Waals surface area contributed by atoms with Crippen LogP contribution in [0, 0.1) is 0 Å². The Morgan fingerprint density at radius 1 is 0.318 bits per heavy atom. The van der Waals surface area contributed by atoms with Gasteiger partial charge in [-0.2, -0.15) is 0 Å². The zero-order valence-corrected chi connectivity index (χ0v) is 36.8. The highest BCUT2D eigenvalue weighted by Crippen LogP contribution is 2.58. The van der Waals surface area contributed by atoms with E-state index in [1.807, 2.05) is 0 Å². The van der Waals surface area contributed by atoms with Crippen LogP contribution < -0.4 is 0 Å². The second kappa shape index (κ2) is 14.7. The summed E-state index contributed by atoms with van der Waals surface area (Å²) in [6.07, 6.45) is 0. The van der Waals surface area contributed by atoms with Gasteiger partial charge in [-0.05, 0) is 100 Å². The SMILES string of the molecule is CC1(C)c2ccc(-c3ccc(-c4cc(-c5cccc6c5-c5ccccc5C6(c5ccccc5)c5ccccc5)nc(-c5ccccc5)n4)c4ccccc34)cc2-c2c1ccc1ccccc21. The standard InChI is InChI=1S/C64H44N2/c1-63(2)54-37-34-43(39-53(54)60-47-26-13-12-19-41(47)33-38-56(60)63)46-35-36-50(49-28-15-14-27-48(46)49)58-40-59(66-62(65-58)42-20-6-3-7-21-42)52-30-18-32-57-61(52)51-29-16-17-31-55(51)64(57,44-22-8-4-9-23-44)45-24-10-5-11-25-45/h3-40H,1-2H3. The van der Waals surface area contributed by atoms with Crippen LogP contribution in [-0.2, 0) is 10.8 Å². The molecule has 0 saturated carbocycles. The van der Waals surface area contributed by atoms with Crippen LogP contribution >= 0.6 is 0 Å². The van der Waals surface area contributed by atoms with E-state index in [2.05, 4.69) is 244 Å². The van der Waals surface area contributed by atoms with Crippen LogP contribution in [0.4, 0.5) is 0 Å². The van der Waals surface area contributed by atoms with E-state index in [0.29, 0.717) is 5.82 Å². The van der Waals surface area contributed by atoms with Crippen molar-refractivity contribution in [2.24, 2.45) is 0 Å². The Balaban J connectivity index is 1.02. The topological polar surface area (TPSA) is 25.8 Å². The number of hydrogen-bond donors (Lipinski definition) is 0. The molecule has 0 saturated heterocycles. The molecule has 10 aromatic carbocycles. The highest BCUT2D eigenvalue weighted by molar-refractivity contribution is 6.07. The number of aromatic nitrogens is 2. The van der Waals surface area contributed by atoms with E-state index in [9.17, 15) is 0 Å². The lowest BCUT2D eigenvalue weighted by atomic mass is 9.67. The smallest absolute Gasteiger partial charge is 0.160 e. The van der Waals surface area contributed by atoms with E-state index >= 15 is 0 Å². The summed E-state index contributed by atoms with van der Waals surface area (Å²) in [5.74, 6) is 0.699. The van der Waals surface area contributed by atoms with Gasteiger partial charge in [0.25, 0.3) is 0 Å². The van der Waals surface area contributed by atoms with Crippen LogP contribution in [0.1, 0.15) is 47.2 Å². The summed E-state index contributed by atoms with van der Waals surface area (Å²) in [6.45, 7) is 4.72. The fourth-order valence-corrected chi connectivity index (χ4v) is 11.6. The molecule has 0 amide bonds. The predicted molar refractivity (Wildman–Crippen MR) is 274 cm³/mol. The quantitative estimate of drug-likeness (QED) is 0.167. The molecule has 66 heavy (non-hydrogen) atoms. The number of hydrogen-bond acceptors (Lipinski definition) is 2. The highest BCUT2D eigenvalue weighted by atomic mass is 14.9. The van der Waals surface area contributed by atoms with Gasteiger partial charge in [0, 0.05) is 22.1 Å². The first-order valence-corrected chi connectivity index (χ1v) is 23.0. The summed E-state index contributed by atoms with van der Waals surface area (Å²) in [5, 5.41) is 4.93. The second-order valence-corrected chi connectivity index (χ2v) is 18.4. The maximum absolute atomic E-state index is 5.46. The number of fused-ring (bicyclic) bond motifs is 9. The molecular weight excluding hydrogens is 797 g/mol. The Kier molecular flexibility index (Phi) is 8.51. The van der Waals surface area contributed by atoms with Crippen molar-refractivity contribution in [2.45, 2.75) is 24.7 Å². The molecule has 0 spiro atoms. The van der Waals surface area contributed by atoms with Crippen LogP contribution in [0.25, 0.3) is 88.8 Å². The minimum absolute atomic E-state index is 0.0914. The summed E-state index contributed by atoms with van der Waals surface area (Å²) >= 11 is 0. The van der Waals surface area contributed by atoms with Crippen molar-refractivity contribution in [1.82, 2.24) is 9.97 Å². The third-order valence-electron chi connectivity index (χ3n) is 14.6. The van der Waals surface area contributed by atoms with Gasteiger partial charge in [0.05, 0.1) is 16.8 Å². The molecule has 11 aromatic rings. The van der Waals surface area contributed by atoms with Gasteiger partial charge in [0.1, 0.15) is 0 Å². The summed E-state index contributed by atoms with van der Waals surface area (Å²) in [7, 11) is 0. The van der Waals surface area contributed by atoms with Crippen LogP contribution in [0.5, 0.6) is 0 Å². The molecule has 0 fully saturated rings. The maximum Gasteiger partial charge on any atom is 0.160 e. The minimum atomic E-state index is -0.517. The average molecular weight is 841 g/mol. The molecule has 13 rings (SSSR count). The molecule has 0 unspecified atom stereocenters. The van der Waals surface area contributed by atoms with Crippen molar-refractivity contribution in [3.63, 3.8) is 0 Å². The Morgan fingerprint density at radius 3 is 1.62 bits per heavy atom. The molecule has 2 aliphatic carbocycles. The molecule has 0 bridgehead atoms. The summed E-state index contributed by atoms with van der Waals surface area (Å²) in [6, 6.07) is 84.3.